The van der Waals surface area contributed by atoms with Crippen molar-refractivity contribution in [3.05, 3.63) is 76.7 Å². The average Bonchev–Trinajstić information content (AvgIpc) is 3.35. The molecule has 5 nitrogen and oxygen atoms in total. The van der Waals surface area contributed by atoms with Crippen LogP contribution in [0.15, 0.2) is 58.4 Å². The lowest BCUT2D eigenvalue weighted by Gasteiger charge is -2.35. The van der Waals surface area contributed by atoms with E-state index in [0.29, 0.717) is 12.3 Å². The minimum atomic E-state index is -0.196. The van der Waals surface area contributed by atoms with Crippen molar-refractivity contribution in [2.24, 2.45) is 0 Å². The number of para-hydroxylation sites is 1. The van der Waals surface area contributed by atoms with Crippen molar-refractivity contribution in [2.45, 2.75) is 23.7 Å². The molecule has 29 heavy (non-hydrogen) atoms. The van der Waals surface area contributed by atoms with Crippen molar-refractivity contribution in [3.8, 4) is 0 Å². The van der Waals surface area contributed by atoms with E-state index in [1.54, 1.807) is 17.5 Å². The highest BCUT2D eigenvalue weighted by Gasteiger charge is 2.35. The molecule has 1 aromatic carbocycles. The number of thiazole rings is 1. The van der Waals surface area contributed by atoms with E-state index in [-0.39, 0.29) is 11.9 Å². The van der Waals surface area contributed by atoms with E-state index in [2.05, 4.69) is 33.2 Å². The summed E-state index contributed by atoms with van der Waals surface area (Å²) in [5.41, 5.74) is 5.38. The highest BCUT2D eigenvalue weighted by molar-refractivity contribution is 8.01. The first-order chi connectivity index (χ1) is 14.2. The Morgan fingerprint density at radius 3 is 2.93 bits per heavy atom. The van der Waals surface area contributed by atoms with E-state index in [1.807, 2.05) is 41.5 Å². The van der Waals surface area contributed by atoms with E-state index >= 15 is 0 Å². The van der Waals surface area contributed by atoms with Gasteiger partial charge in [-0.15, -0.1) is 11.3 Å². The van der Waals surface area contributed by atoms with Gasteiger partial charge in [-0.2, -0.15) is 0 Å². The number of amides is 1. The number of aromatic nitrogens is 3. The largest absolute Gasteiger partial charge is 0.356 e. The van der Waals surface area contributed by atoms with Gasteiger partial charge in [-0.05, 0) is 37.1 Å². The van der Waals surface area contributed by atoms with Crippen molar-refractivity contribution >= 4 is 39.9 Å². The van der Waals surface area contributed by atoms with Gasteiger partial charge >= 0.3 is 0 Å². The summed E-state index contributed by atoms with van der Waals surface area (Å²) in [7, 11) is 0. The monoisotopic (exact) mass is 420 g/mol. The smallest absolute Gasteiger partial charge is 0.233 e. The highest BCUT2D eigenvalue weighted by atomic mass is 32.2. The van der Waals surface area contributed by atoms with Crippen molar-refractivity contribution in [1.82, 2.24) is 19.9 Å². The zero-order valence-electron chi connectivity index (χ0n) is 16.0. The summed E-state index contributed by atoms with van der Waals surface area (Å²) >= 11 is 3.10. The maximum atomic E-state index is 13.2. The predicted octanol–water partition coefficient (Wildman–Crippen LogP) is 4.59. The van der Waals surface area contributed by atoms with Crippen molar-refractivity contribution < 1.29 is 4.79 Å². The molecule has 0 fully saturated rings. The van der Waals surface area contributed by atoms with Crippen LogP contribution in [0.1, 0.15) is 28.7 Å². The molecular weight excluding hydrogens is 400 g/mol. The van der Waals surface area contributed by atoms with Gasteiger partial charge in [0.2, 0.25) is 5.91 Å². The van der Waals surface area contributed by atoms with Crippen LogP contribution in [0.2, 0.25) is 0 Å². The molecule has 0 saturated carbocycles. The molecule has 1 unspecified atom stereocenters. The summed E-state index contributed by atoms with van der Waals surface area (Å²) in [5.74, 6) is 0.495. The maximum Gasteiger partial charge on any atom is 0.233 e. The highest BCUT2D eigenvalue weighted by Crippen LogP contribution is 2.38. The predicted molar refractivity (Wildman–Crippen MR) is 117 cm³/mol. The molecule has 0 spiro atoms. The van der Waals surface area contributed by atoms with Gasteiger partial charge in [-0.3, -0.25) is 9.78 Å². The molecule has 1 amide bonds. The number of carbonyl (C=O) groups excluding carboxylic acids is 1. The Hall–Kier alpha value is -2.64. The third-order valence-electron chi connectivity index (χ3n) is 5.24. The molecule has 146 valence electrons. The van der Waals surface area contributed by atoms with Crippen LogP contribution in [0.25, 0.3) is 10.9 Å². The number of nitrogens with zero attached hydrogens (tertiary/aromatic N) is 3. The molecule has 0 saturated heterocycles. The van der Waals surface area contributed by atoms with Gasteiger partial charge in [-0.25, -0.2) is 4.98 Å². The number of aryl methyl sites for hydroxylation is 1. The van der Waals surface area contributed by atoms with Crippen LogP contribution in [0.4, 0.5) is 0 Å². The second-order valence-electron chi connectivity index (χ2n) is 7.10. The first kappa shape index (κ1) is 18.4. The van der Waals surface area contributed by atoms with Gasteiger partial charge in [-0.1, -0.05) is 36.0 Å². The molecule has 7 heteroatoms. The second-order valence-corrected chi connectivity index (χ2v) is 9.18. The van der Waals surface area contributed by atoms with Gasteiger partial charge in [0.05, 0.1) is 11.4 Å². The van der Waals surface area contributed by atoms with Crippen LogP contribution in [0.5, 0.6) is 0 Å². The maximum absolute atomic E-state index is 13.2. The zero-order chi connectivity index (χ0) is 19.8. The normalized spacial score (nSPS) is 16.2. The Labute approximate surface area is 177 Å². The fourth-order valence-electron chi connectivity index (χ4n) is 3.96. The summed E-state index contributed by atoms with van der Waals surface area (Å²) < 4.78 is 0.938. The summed E-state index contributed by atoms with van der Waals surface area (Å²) in [5, 5.41) is 3.25. The van der Waals surface area contributed by atoms with Gasteiger partial charge in [0.15, 0.2) is 4.34 Å². The Balaban J connectivity index is 1.50. The summed E-state index contributed by atoms with van der Waals surface area (Å²) in [6, 6.07) is 14.0. The molecule has 0 bridgehead atoms. The number of nitrogens with one attached hydrogen (secondary N) is 1. The van der Waals surface area contributed by atoms with Crippen LogP contribution in [-0.4, -0.2) is 38.1 Å². The number of fused-ring (bicyclic) bond motifs is 3. The SMILES string of the molecule is Cc1csc(SCC(=O)N2CCc3c([nH]c4ccccc34)C2c2ccccn2)n1. The van der Waals surface area contributed by atoms with Crippen LogP contribution < -0.4 is 0 Å². The minimum Gasteiger partial charge on any atom is -0.356 e. The fourth-order valence-corrected chi connectivity index (χ4v) is 5.70. The Morgan fingerprint density at radius 2 is 2.14 bits per heavy atom. The lowest BCUT2D eigenvalue weighted by Crippen LogP contribution is -2.41. The number of benzene rings is 1. The van der Waals surface area contributed by atoms with Crippen LogP contribution >= 0.6 is 23.1 Å². The molecule has 1 aliphatic heterocycles. The minimum absolute atomic E-state index is 0.114. The number of carbonyl (C=O) groups is 1. The Bertz CT molecular complexity index is 1170. The van der Waals surface area contributed by atoms with Crippen LogP contribution in [0, 0.1) is 6.92 Å². The lowest BCUT2D eigenvalue weighted by atomic mass is 9.95. The van der Waals surface area contributed by atoms with E-state index in [9.17, 15) is 4.79 Å². The number of H-pyrrole nitrogens is 1. The summed E-state index contributed by atoms with van der Waals surface area (Å²) in [6.07, 6.45) is 2.64. The number of thioether (sulfide) groups is 1. The molecule has 3 aromatic heterocycles. The first-order valence-corrected chi connectivity index (χ1v) is 11.4. The first-order valence-electron chi connectivity index (χ1n) is 9.55. The van der Waals surface area contributed by atoms with E-state index < -0.39 is 0 Å². The number of rotatable bonds is 4. The van der Waals surface area contributed by atoms with Crippen molar-refractivity contribution in [2.75, 3.05) is 12.3 Å². The summed E-state index contributed by atoms with van der Waals surface area (Å²) in [6.45, 7) is 2.66. The van der Waals surface area contributed by atoms with Gasteiger partial charge in [0.25, 0.3) is 0 Å². The van der Waals surface area contributed by atoms with Gasteiger partial charge in [0, 0.05) is 40.4 Å². The van der Waals surface area contributed by atoms with Gasteiger partial charge in [0.1, 0.15) is 6.04 Å². The Kier molecular flexibility index (Phi) is 4.85. The lowest BCUT2D eigenvalue weighted by molar-refractivity contribution is -0.130. The third-order valence-corrected chi connectivity index (χ3v) is 7.36. The standard InChI is InChI=1S/C22H20N4OS2/c1-14-12-28-22(24-14)29-13-19(27)26-11-9-16-15-6-2-3-7-17(15)25-20(16)21(26)18-8-4-5-10-23-18/h2-8,10,12,21,25H,9,11,13H2,1H3. The summed E-state index contributed by atoms with van der Waals surface area (Å²) in [4.78, 5) is 27.8. The number of hydrogen-bond donors (Lipinski definition) is 1. The second kappa shape index (κ2) is 7.65. The Morgan fingerprint density at radius 1 is 1.28 bits per heavy atom. The molecule has 0 aliphatic carbocycles. The van der Waals surface area contributed by atoms with Crippen LogP contribution in [-0.2, 0) is 11.2 Å². The molecule has 0 radical (unpaired) electrons. The van der Waals surface area contributed by atoms with E-state index in [1.165, 1.54) is 22.7 Å². The molecule has 1 N–H and O–H groups in total. The number of hydrogen-bond acceptors (Lipinski definition) is 5. The van der Waals surface area contributed by atoms with E-state index in [0.717, 1.165) is 33.4 Å². The topological polar surface area (TPSA) is 61.9 Å². The average molecular weight is 421 g/mol. The van der Waals surface area contributed by atoms with Crippen molar-refractivity contribution in [3.63, 3.8) is 0 Å². The molecule has 5 rings (SSSR count). The molecule has 1 aliphatic rings. The van der Waals surface area contributed by atoms with Crippen molar-refractivity contribution in [1.29, 1.82) is 0 Å². The fraction of sp³-hybridized carbons (Fsp3) is 0.227. The molecule has 1 atom stereocenters. The van der Waals surface area contributed by atoms with Gasteiger partial charge < -0.3 is 9.88 Å². The molecule has 4 heterocycles. The number of pyridine rings is 1. The third kappa shape index (κ3) is 3.45. The van der Waals surface area contributed by atoms with Crippen LogP contribution in [0.3, 0.4) is 0 Å². The molecule has 4 aromatic rings. The van der Waals surface area contributed by atoms with E-state index in [4.69, 9.17) is 0 Å². The number of aromatic amines is 1. The quantitative estimate of drug-likeness (QED) is 0.491. The zero-order valence-corrected chi connectivity index (χ0v) is 17.6. The molecular formula is C22H20N4OS2.